The summed E-state index contributed by atoms with van der Waals surface area (Å²) in [6.45, 7) is 0.830. The molecule has 1 heterocycles. The Hall–Kier alpha value is -0.980. The number of Topliss-reactive ketones (excluding diaryl/α,β-unsaturated/α-hetero) is 1. The third kappa shape index (κ3) is 4.31. The lowest BCUT2D eigenvalue weighted by molar-refractivity contribution is -0.138. The maximum atomic E-state index is 11.1. The van der Waals surface area contributed by atoms with Gasteiger partial charge in [0.15, 0.2) is 0 Å². The minimum Gasteiger partial charge on any atom is -0.289 e. The van der Waals surface area contributed by atoms with Crippen molar-refractivity contribution in [2.75, 3.05) is 6.54 Å². The fourth-order valence-corrected chi connectivity index (χ4v) is 1.23. The first-order chi connectivity index (χ1) is 6.80. The van der Waals surface area contributed by atoms with Crippen molar-refractivity contribution in [2.45, 2.75) is 32.1 Å². The lowest BCUT2D eigenvalue weighted by atomic mass is 10.1. The molecule has 1 saturated heterocycles. The Labute approximate surface area is 82.7 Å². The molecule has 1 aliphatic heterocycles. The van der Waals surface area contributed by atoms with Gasteiger partial charge < -0.3 is 0 Å². The van der Waals surface area contributed by atoms with Crippen LogP contribution in [0.5, 0.6) is 0 Å². The fraction of sp³-hybridized carbons (Fsp3) is 0.750. The van der Waals surface area contributed by atoms with Crippen molar-refractivity contribution in [3.8, 4) is 0 Å². The molecule has 0 saturated carbocycles. The van der Waals surface area contributed by atoms with Gasteiger partial charge in [-0.15, -0.1) is 0 Å². The van der Waals surface area contributed by atoms with E-state index in [1.165, 1.54) is 0 Å². The molecule has 14 heavy (non-hydrogen) atoms. The second-order valence-electron chi connectivity index (χ2n) is 3.22. The molecule has 0 aromatic carbocycles. The smallest absolute Gasteiger partial charge is 0.289 e. The van der Waals surface area contributed by atoms with E-state index in [4.69, 9.17) is 0 Å². The quantitative estimate of drug-likeness (QED) is 0.383. The standard InChI is InChI=1S/C8H16N4O2/c13-7-5-3-1-2-4-6-9-11-12-10-8(7)14/h9,11-12H,1-6H2,(H,10,14). The monoisotopic (exact) mass is 200 g/mol. The summed E-state index contributed by atoms with van der Waals surface area (Å²) in [5.74, 6) is -0.972. The summed E-state index contributed by atoms with van der Waals surface area (Å²) < 4.78 is 0. The van der Waals surface area contributed by atoms with Crippen LogP contribution in [0.4, 0.5) is 0 Å². The molecule has 0 unspecified atom stereocenters. The minimum absolute atomic E-state index is 0.334. The molecule has 0 bridgehead atoms. The number of amides is 1. The van der Waals surface area contributed by atoms with Gasteiger partial charge in [-0.05, 0) is 12.8 Å². The molecule has 6 heteroatoms. The Morgan fingerprint density at radius 3 is 2.57 bits per heavy atom. The first-order valence-electron chi connectivity index (χ1n) is 4.87. The summed E-state index contributed by atoms with van der Waals surface area (Å²) in [5, 5.41) is 0. The number of ketones is 1. The van der Waals surface area contributed by atoms with Gasteiger partial charge in [0.25, 0.3) is 0 Å². The second-order valence-corrected chi connectivity index (χ2v) is 3.22. The average molecular weight is 200 g/mol. The van der Waals surface area contributed by atoms with Crippen LogP contribution in [0.2, 0.25) is 0 Å². The van der Waals surface area contributed by atoms with Crippen LogP contribution in [0.3, 0.4) is 0 Å². The van der Waals surface area contributed by atoms with E-state index in [-0.39, 0.29) is 5.78 Å². The molecular formula is C8H16N4O2. The topological polar surface area (TPSA) is 82.3 Å². The molecule has 1 amide bonds. The third-order valence-electron chi connectivity index (χ3n) is 2.04. The highest BCUT2D eigenvalue weighted by molar-refractivity contribution is 6.35. The van der Waals surface area contributed by atoms with Gasteiger partial charge in [0.2, 0.25) is 5.78 Å². The molecule has 1 rings (SSSR count). The normalized spacial score (nSPS) is 22.0. The van der Waals surface area contributed by atoms with E-state index in [1.807, 2.05) is 0 Å². The average Bonchev–Trinajstić information content (AvgIpc) is 2.18. The molecule has 0 aliphatic carbocycles. The maximum absolute atomic E-state index is 11.1. The Morgan fingerprint density at radius 1 is 0.929 bits per heavy atom. The molecule has 1 aliphatic rings. The predicted octanol–water partition coefficient (Wildman–Crippen LogP) is -0.850. The van der Waals surface area contributed by atoms with Crippen LogP contribution in [-0.4, -0.2) is 18.2 Å². The minimum atomic E-state index is -0.597. The third-order valence-corrected chi connectivity index (χ3v) is 2.04. The molecule has 0 atom stereocenters. The zero-order valence-electron chi connectivity index (χ0n) is 8.06. The maximum Gasteiger partial charge on any atom is 0.302 e. The number of nitrogens with one attached hydrogen (secondary N) is 4. The van der Waals surface area contributed by atoms with Crippen molar-refractivity contribution >= 4 is 11.7 Å². The Morgan fingerprint density at radius 2 is 1.71 bits per heavy atom. The van der Waals surface area contributed by atoms with Crippen LogP contribution in [-0.2, 0) is 9.59 Å². The van der Waals surface area contributed by atoms with Crippen molar-refractivity contribution in [3.63, 3.8) is 0 Å². The summed E-state index contributed by atoms with van der Waals surface area (Å²) in [5.41, 5.74) is 10.1. The molecule has 1 fully saturated rings. The van der Waals surface area contributed by atoms with Crippen LogP contribution >= 0.6 is 0 Å². The Kier molecular flexibility index (Phi) is 5.13. The molecule has 0 aromatic rings. The molecule has 80 valence electrons. The number of hydrogen-bond acceptors (Lipinski definition) is 5. The molecule has 0 radical (unpaired) electrons. The predicted molar refractivity (Wildman–Crippen MR) is 50.5 cm³/mol. The SMILES string of the molecule is O=C1CCCCCCNNNNC1=O. The number of carbonyl (C=O) groups is 2. The van der Waals surface area contributed by atoms with Crippen LogP contribution in [0.25, 0.3) is 0 Å². The molecule has 0 aromatic heterocycles. The molecular weight excluding hydrogens is 184 g/mol. The van der Waals surface area contributed by atoms with E-state index in [1.54, 1.807) is 0 Å². The van der Waals surface area contributed by atoms with Gasteiger partial charge >= 0.3 is 5.91 Å². The van der Waals surface area contributed by atoms with E-state index in [2.05, 4.69) is 21.9 Å². The van der Waals surface area contributed by atoms with E-state index in [9.17, 15) is 9.59 Å². The number of carbonyl (C=O) groups excluding carboxylic acids is 2. The molecule has 0 spiro atoms. The zero-order valence-corrected chi connectivity index (χ0v) is 8.06. The van der Waals surface area contributed by atoms with Crippen molar-refractivity contribution < 1.29 is 9.59 Å². The lowest BCUT2D eigenvalue weighted by Gasteiger charge is -2.10. The van der Waals surface area contributed by atoms with Crippen LogP contribution in [0.1, 0.15) is 32.1 Å². The van der Waals surface area contributed by atoms with Crippen LogP contribution in [0, 0.1) is 0 Å². The van der Waals surface area contributed by atoms with Crippen LogP contribution < -0.4 is 21.9 Å². The zero-order chi connectivity index (χ0) is 10.2. The van der Waals surface area contributed by atoms with Crippen molar-refractivity contribution in [1.29, 1.82) is 0 Å². The van der Waals surface area contributed by atoms with Gasteiger partial charge in [-0.25, -0.2) is 5.43 Å². The summed E-state index contributed by atoms with van der Waals surface area (Å²) in [4.78, 5) is 22.2. The number of rotatable bonds is 0. The summed E-state index contributed by atoms with van der Waals surface area (Å²) in [6.07, 6.45) is 4.25. The fourth-order valence-electron chi connectivity index (χ4n) is 1.23. The highest BCUT2D eigenvalue weighted by Crippen LogP contribution is 2.03. The first-order valence-corrected chi connectivity index (χ1v) is 4.87. The highest BCUT2D eigenvalue weighted by atomic mass is 16.2. The summed E-state index contributed by atoms with van der Waals surface area (Å²) in [6, 6.07) is 0. The van der Waals surface area contributed by atoms with Gasteiger partial charge in [-0.2, -0.15) is 11.1 Å². The van der Waals surface area contributed by atoms with E-state index >= 15 is 0 Å². The van der Waals surface area contributed by atoms with Crippen molar-refractivity contribution in [2.24, 2.45) is 0 Å². The van der Waals surface area contributed by atoms with E-state index in [0.717, 1.165) is 32.2 Å². The van der Waals surface area contributed by atoms with Gasteiger partial charge in [-0.3, -0.25) is 15.0 Å². The molecule has 6 nitrogen and oxygen atoms in total. The van der Waals surface area contributed by atoms with Gasteiger partial charge in [0.1, 0.15) is 0 Å². The molecule has 4 N–H and O–H groups in total. The summed E-state index contributed by atoms with van der Waals surface area (Å²) in [7, 11) is 0. The van der Waals surface area contributed by atoms with Gasteiger partial charge in [0, 0.05) is 13.0 Å². The van der Waals surface area contributed by atoms with E-state index in [0.29, 0.717) is 6.42 Å². The van der Waals surface area contributed by atoms with Gasteiger partial charge in [-0.1, -0.05) is 12.8 Å². The lowest BCUT2D eigenvalue weighted by Crippen LogP contribution is -2.54. The van der Waals surface area contributed by atoms with Crippen molar-refractivity contribution in [3.05, 3.63) is 0 Å². The first kappa shape index (κ1) is 11.1. The largest absolute Gasteiger partial charge is 0.302 e. The van der Waals surface area contributed by atoms with Gasteiger partial charge in [0.05, 0.1) is 0 Å². The highest BCUT2D eigenvalue weighted by Gasteiger charge is 2.12. The number of hydrogen-bond donors (Lipinski definition) is 4. The Balaban J connectivity index is 2.31. The summed E-state index contributed by atoms with van der Waals surface area (Å²) >= 11 is 0. The Bertz CT molecular complexity index is 186. The second kappa shape index (κ2) is 6.47. The van der Waals surface area contributed by atoms with Crippen molar-refractivity contribution in [1.82, 2.24) is 21.9 Å². The van der Waals surface area contributed by atoms with Crippen LogP contribution in [0.15, 0.2) is 0 Å². The number of hydrazine groups is 3. The van der Waals surface area contributed by atoms with E-state index < -0.39 is 5.91 Å².